The molecule has 3 heterocycles. The highest BCUT2D eigenvalue weighted by Crippen LogP contribution is 2.20. The number of aryl methyl sites for hydroxylation is 2. The molecule has 0 bridgehead atoms. The van der Waals surface area contributed by atoms with E-state index in [1.807, 2.05) is 22.9 Å². The SMILES string of the molecule is Clc1nc(Cl)c2ncn(CCc3cccnc3)c2n1. The molecule has 0 aliphatic carbocycles. The van der Waals surface area contributed by atoms with Crippen molar-refractivity contribution in [2.75, 3.05) is 0 Å². The van der Waals surface area contributed by atoms with Gasteiger partial charge in [0.05, 0.1) is 6.33 Å². The summed E-state index contributed by atoms with van der Waals surface area (Å²) in [6.07, 6.45) is 6.12. The number of halogens is 2. The van der Waals surface area contributed by atoms with Crippen molar-refractivity contribution in [1.82, 2.24) is 24.5 Å². The summed E-state index contributed by atoms with van der Waals surface area (Å²) >= 11 is 11.8. The minimum absolute atomic E-state index is 0.126. The van der Waals surface area contributed by atoms with Gasteiger partial charge in [-0.25, -0.2) is 9.97 Å². The second-order valence-corrected chi connectivity index (χ2v) is 4.70. The molecule has 0 unspecified atom stereocenters. The third kappa shape index (κ3) is 2.52. The summed E-state index contributed by atoms with van der Waals surface area (Å²) < 4.78 is 1.90. The standard InChI is InChI=1S/C12H9Cl2N5/c13-10-9-11(18-12(14)17-10)19(7-16-9)5-3-8-2-1-4-15-6-8/h1-2,4,6-7H,3,5H2. The Bertz CT molecular complexity index is 711. The van der Waals surface area contributed by atoms with Crippen molar-refractivity contribution in [3.8, 4) is 0 Å². The van der Waals surface area contributed by atoms with Gasteiger partial charge in [-0.2, -0.15) is 4.98 Å². The number of fused-ring (bicyclic) bond motifs is 1. The highest BCUT2D eigenvalue weighted by molar-refractivity contribution is 6.35. The molecule has 0 aliphatic rings. The quantitative estimate of drug-likeness (QED) is 0.550. The number of imidazole rings is 1. The smallest absolute Gasteiger partial charge is 0.225 e. The fourth-order valence-electron chi connectivity index (χ4n) is 1.84. The first kappa shape index (κ1) is 12.3. The van der Waals surface area contributed by atoms with Crippen LogP contribution in [0.2, 0.25) is 10.4 Å². The number of rotatable bonds is 3. The summed E-state index contributed by atoms with van der Waals surface area (Å²) in [7, 11) is 0. The first-order chi connectivity index (χ1) is 9.24. The highest BCUT2D eigenvalue weighted by atomic mass is 35.5. The maximum absolute atomic E-state index is 5.97. The summed E-state index contributed by atoms with van der Waals surface area (Å²) in [5, 5.41) is 0.399. The maximum atomic E-state index is 5.97. The fraction of sp³-hybridized carbons (Fsp3) is 0.167. The Hall–Kier alpha value is -1.72. The van der Waals surface area contributed by atoms with Crippen LogP contribution in [0, 0.1) is 0 Å². The van der Waals surface area contributed by atoms with E-state index in [0.717, 1.165) is 18.5 Å². The van der Waals surface area contributed by atoms with Crippen molar-refractivity contribution in [2.45, 2.75) is 13.0 Å². The minimum atomic E-state index is 0.126. The average molecular weight is 294 g/mol. The van der Waals surface area contributed by atoms with Gasteiger partial charge in [0.25, 0.3) is 0 Å². The van der Waals surface area contributed by atoms with E-state index >= 15 is 0 Å². The first-order valence-electron chi connectivity index (χ1n) is 5.67. The largest absolute Gasteiger partial charge is 0.315 e. The minimum Gasteiger partial charge on any atom is -0.315 e. The number of nitrogens with zero attached hydrogens (tertiary/aromatic N) is 5. The highest BCUT2D eigenvalue weighted by Gasteiger charge is 2.10. The molecular formula is C12H9Cl2N5. The van der Waals surface area contributed by atoms with Crippen LogP contribution in [0.25, 0.3) is 11.2 Å². The summed E-state index contributed by atoms with van der Waals surface area (Å²) in [5.41, 5.74) is 2.36. The molecule has 3 aromatic heterocycles. The molecule has 0 spiro atoms. The van der Waals surface area contributed by atoms with Gasteiger partial charge < -0.3 is 4.57 Å². The molecule has 5 nitrogen and oxygen atoms in total. The van der Waals surface area contributed by atoms with E-state index in [1.54, 1.807) is 12.5 Å². The average Bonchev–Trinajstić information content (AvgIpc) is 2.81. The molecule has 0 aliphatic heterocycles. The summed E-state index contributed by atoms with van der Waals surface area (Å²) in [5.74, 6) is 0. The lowest BCUT2D eigenvalue weighted by Crippen LogP contribution is -2.01. The molecule has 19 heavy (non-hydrogen) atoms. The Balaban J connectivity index is 1.89. The van der Waals surface area contributed by atoms with Gasteiger partial charge in [0.1, 0.15) is 5.52 Å². The third-order valence-corrected chi connectivity index (χ3v) is 3.19. The van der Waals surface area contributed by atoms with Crippen molar-refractivity contribution in [1.29, 1.82) is 0 Å². The van der Waals surface area contributed by atoms with Crippen LogP contribution < -0.4 is 0 Å². The second kappa shape index (κ2) is 5.11. The van der Waals surface area contributed by atoms with Gasteiger partial charge in [-0.3, -0.25) is 4.98 Å². The molecule has 0 atom stereocenters. The molecule has 3 aromatic rings. The number of hydrogen-bond acceptors (Lipinski definition) is 4. The van der Waals surface area contributed by atoms with Crippen LogP contribution in [0.15, 0.2) is 30.9 Å². The molecule has 0 N–H and O–H groups in total. The monoisotopic (exact) mass is 293 g/mol. The molecule has 0 saturated carbocycles. The van der Waals surface area contributed by atoms with Gasteiger partial charge in [0, 0.05) is 18.9 Å². The van der Waals surface area contributed by atoms with Crippen LogP contribution in [-0.2, 0) is 13.0 Å². The van der Waals surface area contributed by atoms with Crippen LogP contribution in [0.3, 0.4) is 0 Å². The third-order valence-electron chi connectivity index (χ3n) is 2.76. The summed E-state index contributed by atoms with van der Waals surface area (Å²) in [4.78, 5) is 16.3. The first-order valence-corrected chi connectivity index (χ1v) is 6.42. The van der Waals surface area contributed by atoms with E-state index in [2.05, 4.69) is 19.9 Å². The molecule has 0 aromatic carbocycles. The normalized spacial score (nSPS) is 11.1. The molecule has 0 saturated heterocycles. The predicted molar refractivity (Wildman–Crippen MR) is 73.3 cm³/mol. The van der Waals surface area contributed by atoms with Gasteiger partial charge in [-0.05, 0) is 29.7 Å². The summed E-state index contributed by atoms with van der Waals surface area (Å²) in [6.45, 7) is 0.728. The molecular weight excluding hydrogens is 285 g/mol. The second-order valence-electron chi connectivity index (χ2n) is 4.00. The van der Waals surface area contributed by atoms with E-state index in [4.69, 9.17) is 23.2 Å². The molecule has 0 fully saturated rings. The van der Waals surface area contributed by atoms with Gasteiger partial charge in [0.2, 0.25) is 5.28 Å². The van der Waals surface area contributed by atoms with Crippen molar-refractivity contribution >= 4 is 34.4 Å². The predicted octanol–water partition coefficient (Wildman–Crippen LogP) is 2.77. The lowest BCUT2D eigenvalue weighted by Gasteiger charge is -2.03. The van der Waals surface area contributed by atoms with Gasteiger partial charge in [0.15, 0.2) is 10.8 Å². The molecule has 0 radical (unpaired) electrons. The fourth-order valence-corrected chi connectivity index (χ4v) is 2.27. The summed E-state index contributed by atoms with van der Waals surface area (Å²) in [6, 6.07) is 3.94. The topological polar surface area (TPSA) is 56.5 Å². The Labute approximate surface area is 119 Å². The number of aromatic nitrogens is 5. The zero-order valence-electron chi connectivity index (χ0n) is 9.79. The Kier molecular flexibility index (Phi) is 3.31. The molecule has 96 valence electrons. The zero-order valence-corrected chi connectivity index (χ0v) is 11.3. The van der Waals surface area contributed by atoms with E-state index in [-0.39, 0.29) is 10.4 Å². The van der Waals surface area contributed by atoms with E-state index in [9.17, 15) is 0 Å². The van der Waals surface area contributed by atoms with E-state index < -0.39 is 0 Å². The Morgan fingerprint density at radius 2 is 2.11 bits per heavy atom. The van der Waals surface area contributed by atoms with Crippen molar-refractivity contribution in [2.24, 2.45) is 0 Å². The Morgan fingerprint density at radius 3 is 2.89 bits per heavy atom. The van der Waals surface area contributed by atoms with Gasteiger partial charge in [-0.15, -0.1) is 0 Å². The molecule has 3 rings (SSSR count). The Morgan fingerprint density at radius 1 is 1.21 bits per heavy atom. The van der Waals surface area contributed by atoms with Crippen LogP contribution in [-0.4, -0.2) is 24.5 Å². The van der Waals surface area contributed by atoms with Crippen molar-refractivity contribution in [3.63, 3.8) is 0 Å². The van der Waals surface area contributed by atoms with Crippen molar-refractivity contribution < 1.29 is 0 Å². The molecule has 0 amide bonds. The number of pyridine rings is 1. The van der Waals surface area contributed by atoms with Crippen LogP contribution >= 0.6 is 23.2 Å². The number of hydrogen-bond donors (Lipinski definition) is 0. The van der Waals surface area contributed by atoms with Gasteiger partial charge in [-0.1, -0.05) is 17.7 Å². The zero-order chi connectivity index (χ0) is 13.2. The van der Waals surface area contributed by atoms with Gasteiger partial charge >= 0.3 is 0 Å². The maximum Gasteiger partial charge on any atom is 0.225 e. The van der Waals surface area contributed by atoms with Crippen LogP contribution in [0.4, 0.5) is 0 Å². The van der Waals surface area contributed by atoms with Crippen LogP contribution in [0.5, 0.6) is 0 Å². The van der Waals surface area contributed by atoms with E-state index in [0.29, 0.717) is 11.2 Å². The van der Waals surface area contributed by atoms with Crippen molar-refractivity contribution in [3.05, 3.63) is 46.9 Å². The lowest BCUT2D eigenvalue weighted by atomic mass is 10.2. The molecule has 7 heteroatoms. The van der Waals surface area contributed by atoms with E-state index in [1.165, 1.54) is 0 Å². The van der Waals surface area contributed by atoms with Crippen LogP contribution in [0.1, 0.15) is 5.56 Å². The lowest BCUT2D eigenvalue weighted by molar-refractivity contribution is 0.707.